The molecule has 3 heterocycles. The van der Waals surface area contributed by atoms with Gasteiger partial charge in [0, 0.05) is 56.4 Å². The summed E-state index contributed by atoms with van der Waals surface area (Å²) in [6, 6.07) is 34.8. The number of hydrogen-bond acceptors (Lipinski definition) is 4. The molecule has 0 amide bonds. The highest BCUT2D eigenvalue weighted by Gasteiger charge is 2.31. The first-order valence-electron chi connectivity index (χ1n) is 13.8. The quantitative estimate of drug-likeness (QED) is 0.190. The maximum atomic E-state index is 14.0. The molecule has 0 radical (unpaired) electrons. The predicted octanol–water partition coefficient (Wildman–Crippen LogP) is 10.8. The van der Waals surface area contributed by atoms with Crippen molar-refractivity contribution in [2.75, 3.05) is 0 Å². The fourth-order valence-corrected chi connectivity index (χ4v) is 9.79. The lowest BCUT2D eigenvalue weighted by Gasteiger charge is -2.15. The van der Waals surface area contributed by atoms with Crippen molar-refractivity contribution < 1.29 is 0 Å². The topological polar surface area (TPSA) is 17.1 Å². The third-order valence-electron chi connectivity index (χ3n) is 8.43. The van der Waals surface area contributed by atoms with E-state index in [1.165, 1.54) is 36.2 Å². The Morgan fingerprint density at radius 2 is 1.07 bits per heavy atom. The van der Waals surface area contributed by atoms with E-state index in [0.29, 0.717) is 11.2 Å². The van der Waals surface area contributed by atoms with Gasteiger partial charge in [-0.05, 0) is 82.4 Å². The van der Waals surface area contributed by atoms with Crippen molar-refractivity contribution in [3.05, 3.63) is 137 Å². The van der Waals surface area contributed by atoms with Gasteiger partial charge < -0.3 is 0 Å². The van der Waals surface area contributed by atoms with Crippen LogP contribution in [0.2, 0.25) is 0 Å². The van der Waals surface area contributed by atoms with Crippen LogP contribution in [0.1, 0.15) is 11.5 Å². The zero-order chi connectivity index (χ0) is 27.1. The van der Waals surface area contributed by atoms with Gasteiger partial charge in [-0.25, -0.2) is 0 Å². The standard InChI is InChI=1S/C37H22OS3/c38-37-29-19-23(21-9-13-33-27(17-21)25-5-1-3-7-31(25)39-33)11-15-35(29)41-36-16-12-24(20-30(36)37)22-10-14-34-28(18-22)26-6-2-4-8-32(26)40-34/h1-20,25,31H. The predicted molar refractivity (Wildman–Crippen MR) is 180 cm³/mol. The SMILES string of the molecule is O=c1c2cc(-c3ccc4c(c3)C3C=CC=CC3S4)ccc2sc2ccc(-c3ccc4sc5ccccc5c4c3)cc12. The summed E-state index contributed by atoms with van der Waals surface area (Å²) in [6.07, 6.45) is 8.92. The smallest absolute Gasteiger partial charge is 0.195 e. The second kappa shape index (κ2) is 9.02. The number of rotatable bonds is 2. The summed E-state index contributed by atoms with van der Waals surface area (Å²) in [4.78, 5) is 15.3. The van der Waals surface area contributed by atoms with Crippen LogP contribution in [0, 0.1) is 0 Å². The number of thioether (sulfide) groups is 1. The molecule has 2 aromatic heterocycles. The third kappa shape index (κ3) is 3.71. The summed E-state index contributed by atoms with van der Waals surface area (Å²) in [5, 5.41) is 4.63. The molecular weight excluding hydrogens is 557 g/mol. The van der Waals surface area contributed by atoms with E-state index in [1.54, 1.807) is 11.3 Å². The van der Waals surface area contributed by atoms with Crippen molar-refractivity contribution in [1.29, 1.82) is 0 Å². The highest BCUT2D eigenvalue weighted by atomic mass is 32.2. The second-order valence-corrected chi connectivity index (χ2v) is 14.2. The molecule has 1 aliphatic carbocycles. The van der Waals surface area contributed by atoms with Crippen molar-refractivity contribution in [2.24, 2.45) is 0 Å². The summed E-state index contributed by atoms with van der Waals surface area (Å²) in [6.45, 7) is 0. The number of benzene rings is 5. The molecule has 0 saturated carbocycles. The molecule has 2 aliphatic rings. The summed E-state index contributed by atoms with van der Waals surface area (Å²) in [7, 11) is 0. The van der Waals surface area contributed by atoms with E-state index >= 15 is 0 Å². The molecule has 0 fully saturated rings. The Morgan fingerprint density at radius 3 is 1.80 bits per heavy atom. The number of fused-ring (bicyclic) bond motifs is 8. The zero-order valence-electron chi connectivity index (χ0n) is 21.8. The van der Waals surface area contributed by atoms with Crippen LogP contribution in [0.3, 0.4) is 0 Å². The van der Waals surface area contributed by atoms with E-state index < -0.39 is 0 Å². The lowest BCUT2D eigenvalue weighted by molar-refractivity contribution is 0.881. The fraction of sp³-hybridized carbons (Fsp3) is 0.0541. The highest BCUT2D eigenvalue weighted by Crippen LogP contribution is 2.49. The van der Waals surface area contributed by atoms with Gasteiger partial charge in [-0.1, -0.05) is 66.8 Å². The first-order valence-corrected chi connectivity index (χ1v) is 16.3. The first kappa shape index (κ1) is 23.7. The van der Waals surface area contributed by atoms with Crippen molar-refractivity contribution in [3.8, 4) is 22.3 Å². The second-order valence-electron chi connectivity index (χ2n) is 10.8. The van der Waals surface area contributed by atoms with E-state index in [2.05, 4.69) is 121 Å². The van der Waals surface area contributed by atoms with Crippen LogP contribution in [0.4, 0.5) is 0 Å². The summed E-state index contributed by atoms with van der Waals surface area (Å²) in [5.74, 6) is 0.423. The van der Waals surface area contributed by atoms with Crippen LogP contribution in [-0.4, -0.2) is 5.25 Å². The minimum Gasteiger partial charge on any atom is -0.289 e. The molecule has 9 rings (SSSR count). The number of allylic oxidation sites excluding steroid dienone is 3. The lowest BCUT2D eigenvalue weighted by Crippen LogP contribution is -2.06. The molecule has 4 heteroatoms. The van der Waals surface area contributed by atoms with Crippen LogP contribution >= 0.6 is 34.4 Å². The maximum absolute atomic E-state index is 14.0. The fourth-order valence-electron chi connectivity index (χ4n) is 6.34. The van der Waals surface area contributed by atoms with Crippen molar-refractivity contribution >= 4 is 74.8 Å². The Hall–Kier alpha value is -3.96. The van der Waals surface area contributed by atoms with E-state index in [9.17, 15) is 4.79 Å². The third-order valence-corrected chi connectivity index (χ3v) is 12.1. The zero-order valence-corrected chi connectivity index (χ0v) is 24.3. The van der Waals surface area contributed by atoms with Gasteiger partial charge in [-0.15, -0.1) is 34.4 Å². The molecule has 41 heavy (non-hydrogen) atoms. The van der Waals surface area contributed by atoms with Crippen molar-refractivity contribution in [3.63, 3.8) is 0 Å². The molecular formula is C37H22OS3. The number of hydrogen-bond donors (Lipinski definition) is 0. The van der Waals surface area contributed by atoms with Gasteiger partial charge in [0.05, 0.1) is 0 Å². The Kier molecular flexibility index (Phi) is 5.22. The molecule has 0 N–H and O–H groups in total. The van der Waals surface area contributed by atoms with Gasteiger partial charge in [0.15, 0.2) is 5.43 Å². The van der Waals surface area contributed by atoms with Gasteiger partial charge in [0.25, 0.3) is 0 Å². The average molecular weight is 579 g/mol. The lowest BCUT2D eigenvalue weighted by atomic mass is 9.90. The van der Waals surface area contributed by atoms with Crippen LogP contribution < -0.4 is 5.43 Å². The average Bonchev–Trinajstić information content (AvgIpc) is 3.58. The van der Waals surface area contributed by atoms with E-state index in [-0.39, 0.29) is 5.43 Å². The normalized spacial score (nSPS) is 17.6. The van der Waals surface area contributed by atoms with Crippen LogP contribution in [-0.2, 0) is 0 Å². The monoisotopic (exact) mass is 578 g/mol. The Labute approximate surface area is 249 Å². The molecule has 0 bridgehead atoms. The molecule has 194 valence electrons. The summed E-state index contributed by atoms with van der Waals surface area (Å²) < 4.78 is 4.65. The molecule has 2 atom stereocenters. The van der Waals surface area contributed by atoms with Crippen LogP contribution in [0.25, 0.3) is 62.6 Å². The minimum absolute atomic E-state index is 0.108. The van der Waals surface area contributed by atoms with Crippen LogP contribution in [0.15, 0.2) is 131 Å². The Balaban J connectivity index is 1.16. The van der Waals surface area contributed by atoms with E-state index in [0.717, 1.165) is 36.9 Å². The van der Waals surface area contributed by atoms with E-state index in [4.69, 9.17) is 0 Å². The van der Waals surface area contributed by atoms with E-state index in [1.807, 2.05) is 23.1 Å². The summed E-state index contributed by atoms with van der Waals surface area (Å²) in [5.41, 5.74) is 5.98. The van der Waals surface area contributed by atoms with Crippen LogP contribution in [0.5, 0.6) is 0 Å². The molecule has 2 unspecified atom stereocenters. The molecule has 5 aromatic carbocycles. The number of thiophene rings is 1. The Bertz CT molecular complexity index is 2340. The first-order chi connectivity index (χ1) is 20.2. The maximum Gasteiger partial charge on any atom is 0.195 e. The molecule has 0 spiro atoms. The minimum atomic E-state index is 0.108. The van der Waals surface area contributed by atoms with Gasteiger partial charge in [0.2, 0.25) is 0 Å². The van der Waals surface area contributed by atoms with Crippen molar-refractivity contribution in [1.82, 2.24) is 0 Å². The van der Waals surface area contributed by atoms with Gasteiger partial charge in [-0.3, -0.25) is 4.79 Å². The van der Waals surface area contributed by atoms with Gasteiger partial charge >= 0.3 is 0 Å². The molecule has 7 aromatic rings. The molecule has 1 nitrogen and oxygen atoms in total. The van der Waals surface area contributed by atoms with Crippen molar-refractivity contribution in [2.45, 2.75) is 16.1 Å². The Morgan fingerprint density at radius 1 is 0.512 bits per heavy atom. The van der Waals surface area contributed by atoms with Gasteiger partial charge in [0.1, 0.15) is 0 Å². The molecule has 0 saturated heterocycles. The highest BCUT2D eigenvalue weighted by molar-refractivity contribution is 8.00. The molecule has 1 aliphatic heterocycles. The largest absolute Gasteiger partial charge is 0.289 e. The summed E-state index contributed by atoms with van der Waals surface area (Å²) >= 11 is 5.47. The van der Waals surface area contributed by atoms with Gasteiger partial charge in [-0.2, -0.15) is 0 Å².